The third-order valence-electron chi connectivity index (χ3n) is 10.6. The maximum absolute atomic E-state index is 14.3. The SMILES string of the molecule is C=CCO[C@H]1/C=C/[C@H](OC)[C@@H]2CC[C@H]2CN2Cc3ccc(Cl)cc3CCCCOc3ccc(cc32)C(=O)N=[S-](=O)C(NC(=O)c2cn(C)nc2OC)[C@H]1C. The van der Waals surface area contributed by atoms with E-state index >= 15 is 0 Å². The number of fused-ring (bicyclic) bond motifs is 3. The molecule has 290 valence electrons. The van der Waals surface area contributed by atoms with E-state index in [1.807, 2.05) is 24.3 Å². The molecule has 0 spiro atoms. The first-order valence-electron chi connectivity index (χ1n) is 18.4. The van der Waals surface area contributed by atoms with Crippen LogP contribution in [0.4, 0.5) is 5.69 Å². The summed E-state index contributed by atoms with van der Waals surface area (Å²) in [6.45, 7) is 7.58. The Morgan fingerprint density at radius 1 is 1.13 bits per heavy atom. The fourth-order valence-corrected chi connectivity index (χ4v) is 8.79. The minimum Gasteiger partial charge on any atom is -0.491 e. The number of methoxy groups -OCH3 is 2. The third kappa shape index (κ3) is 9.02. The van der Waals surface area contributed by atoms with Crippen LogP contribution in [-0.2, 0) is 44.3 Å². The molecule has 1 saturated carbocycles. The van der Waals surface area contributed by atoms with E-state index in [2.05, 4.69) is 32.3 Å². The second-order valence-electron chi connectivity index (χ2n) is 14.1. The summed E-state index contributed by atoms with van der Waals surface area (Å²) in [5.74, 6) is -0.662. The van der Waals surface area contributed by atoms with Gasteiger partial charge in [-0.25, -0.2) is 0 Å². The number of carbonyl (C=O) groups is 2. The molecule has 6 rings (SSSR count). The van der Waals surface area contributed by atoms with Gasteiger partial charge in [-0.05, 0) is 96.7 Å². The summed E-state index contributed by atoms with van der Waals surface area (Å²) >= 11 is 6.48. The third-order valence-corrected chi connectivity index (χ3v) is 12.2. The zero-order valence-electron chi connectivity index (χ0n) is 31.2. The van der Waals surface area contributed by atoms with Crippen LogP contribution >= 0.6 is 11.6 Å². The number of ether oxygens (including phenoxy) is 4. The molecule has 3 aromatic rings. The quantitative estimate of drug-likeness (QED) is 0.206. The highest BCUT2D eigenvalue weighted by molar-refractivity contribution is 7.75. The fourth-order valence-electron chi connectivity index (χ4n) is 7.48. The minimum absolute atomic E-state index is 0.104. The molecule has 12 nitrogen and oxygen atoms in total. The molecule has 54 heavy (non-hydrogen) atoms. The van der Waals surface area contributed by atoms with Gasteiger partial charge in [0.05, 0.1) is 38.2 Å². The van der Waals surface area contributed by atoms with E-state index in [9.17, 15) is 13.8 Å². The van der Waals surface area contributed by atoms with Gasteiger partial charge < -0.3 is 37.7 Å². The summed E-state index contributed by atoms with van der Waals surface area (Å²) in [7, 11) is 2.53. The van der Waals surface area contributed by atoms with Crippen LogP contribution in [0.5, 0.6) is 11.6 Å². The zero-order valence-corrected chi connectivity index (χ0v) is 32.8. The Morgan fingerprint density at radius 3 is 2.69 bits per heavy atom. The Kier molecular flexibility index (Phi) is 13.2. The van der Waals surface area contributed by atoms with Crippen molar-refractivity contribution in [2.45, 2.75) is 63.2 Å². The highest BCUT2D eigenvalue weighted by atomic mass is 35.5. The zero-order chi connectivity index (χ0) is 38.4. The molecule has 2 aromatic carbocycles. The van der Waals surface area contributed by atoms with Crippen LogP contribution in [0.25, 0.3) is 0 Å². The highest BCUT2D eigenvalue weighted by Gasteiger charge is 2.38. The van der Waals surface area contributed by atoms with Gasteiger partial charge in [-0.2, -0.15) is 10.6 Å². The minimum atomic E-state index is -2.26. The van der Waals surface area contributed by atoms with Gasteiger partial charge in [0, 0.05) is 44.0 Å². The molecule has 2 bridgehead atoms. The lowest BCUT2D eigenvalue weighted by molar-refractivity contribution is 0.0113. The number of nitrogens with one attached hydrogen (secondary N) is 1. The number of benzene rings is 2. The van der Waals surface area contributed by atoms with E-state index in [0.717, 1.165) is 43.4 Å². The van der Waals surface area contributed by atoms with Gasteiger partial charge in [0.2, 0.25) is 5.88 Å². The first kappa shape index (κ1) is 39.5. The van der Waals surface area contributed by atoms with E-state index in [4.69, 9.17) is 30.5 Å². The maximum Gasteiger partial charge on any atom is 0.257 e. The number of aromatic nitrogens is 2. The normalized spacial score (nSPS) is 25.7. The Labute approximate surface area is 324 Å². The molecule has 3 aliphatic rings. The van der Waals surface area contributed by atoms with E-state index in [0.29, 0.717) is 30.5 Å². The van der Waals surface area contributed by atoms with Crippen LogP contribution in [0, 0.1) is 17.8 Å². The summed E-state index contributed by atoms with van der Waals surface area (Å²) in [6, 6.07) is 11.3. The molecule has 14 heteroatoms. The average Bonchev–Trinajstić information content (AvgIpc) is 3.53. The molecule has 1 unspecified atom stereocenters. The Morgan fingerprint density at radius 2 is 1.94 bits per heavy atom. The monoisotopic (exact) mass is 778 g/mol. The Bertz CT molecular complexity index is 1960. The number of hydrogen-bond donors (Lipinski definition) is 1. The van der Waals surface area contributed by atoms with Crippen molar-refractivity contribution in [2.75, 3.05) is 38.9 Å². The van der Waals surface area contributed by atoms with E-state index in [-0.39, 0.29) is 41.6 Å². The van der Waals surface area contributed by atoms with Crippen LogP contribution in [-0.4, -0.2) is 73.2 Å². The van der Waals surface area contributed by atoms with Gasteiger partial charge in [0.25, 0.3) is 11.8 Å². The van der Waals surface area contributed by atoms with Crippen molar-refractivity contribution in [1.29, 1.82) is 0 Å². The highest BCUT2D eigenvalue weighted by Crippen LogP contribution is 2.42. The van der Waals surface area contributed by atoms with Crippen molar-refractivity contribution in [3.63, 3.8) is 0 Å². The van der Waals surface area contributed by atoms with E-state index in [1.54, 1.807) is 45.4 Å². The fraction of sp³-hybridized carbons (Fsp3) is 0.475. The van der Waals surface area contributed by atoms with Crippen molar-refractivity contribution in [2.24, 2.45) is 29.2 Å². The van der Waals surface area contributed by atoms with Gasteiger partial charge in [0.1, 0.15) is 11.3 Å². The number of nitrogens with zero attached hydrogens (tertiary/aromatic N) is 4. The second-order valence-corrected chi connectivity index (χ2v) is 15.8. The smallest absolute Gasteiger partial charge is 0.257 e. The van der Waals surface area contributed by atoms with Crippen LogP contribution < -0.4 is 19.7 Å². The Balaban J connectivity index is 1.47. The molecule has 2 amide bonds. The molecule has 0 saturated heterocycles. The van der Waals surface area contributed by atoms with Crippen molar-refractivity contribution in [1.82, 2.24) is 15.1 Å². The van der Waals surface area contributed by atoms with Crippen molar-refractivity contribution < 1.29 is 32.7 Å². The predicted molar refractivity (Wildman–Crippen MR) is 208 cm³/mol. The van der Waals surface area contributed by atoms with Gasteiger partial charge in [-0.3, -0.25) is 14.3 Å². The van der Waals surface area contributed by atoms with Crippen molar-refractivity contribution in [3.8, 4) is 11.6 Å². The van der Waals surface area contributed by atoms with Gasteiger partial charge in [-0.1, -0.05) is 42.8 Å². The lowest BCUT2D eigenvalue weighted by atomic mass is 9.70. The molecule has 6 atom stereocenters. The molecule has 3 heterocycles. The molecule has 1 aliphatic carbocycles. The summed E-state index contributed by atoms with van der Waals surface area (Å²) < 4.78 is 43.9. The molecule has 1 fully saturated rings. The Hall–Kier alpha value is -4.17. The lowest BCUT2D eigenvalue weighted by Gasteiger charge is -2.44. The molecular formula is C40H49ClN5O7S-. The maximum atomic E-state index is 14.3. The molecular weight excluding hydrogens is 730 g/mol. The molecule has 2 aliphatic heterocycles. The summed E-state index contributed by atoms with van der Waals surface area (Å²) in [4.78, 5) is 30.0. The van der Waals surface area contributed by atoms with Crippen LogP contribution in [0.15, 0.2) is 71.8 Å². The van der Waals surface area contributed by atoms with Gasteiger partial charge in [0.15, 0.2) is 0 Å². The first-order chi connectivity index (χ1) is 26.1. The van der Waals surface area contributed by atoms with Crippen LogP contribution in [0.2, 0.25) is 5.02 Å². The molecule has 1 aromatic heterocycles. The number of hydrogen-bond acceptors (Lipinski definition) is 10. The number of aryl methyl sites for hydroxylation is 2. The molecule has 0 radical (unpaired) electrons. The summed E-state index contributed by atoms with van der Waals surface area (Å²) in [5, 5.41) is 6.60. The first-order valence-corrected chi connectivity index (χ1v) is 19.9. The summed E-state index contributed by atoms with van der Waals surface area (Å²) in [6.07, 6.45) is 10.8. The van der Waals surface area contributed by atoms with Crippen LogP contribution in [0.3, 0.4) is 0 Å². The number of halogens is 1. The van der Waals surface area contributed by atoms with E-state index < -0.39 is 39.8 Å². The number of rotatable bonds is 7. The molecule has 1 N–H and O–H groups in total. The number of anilines is 1. The van der Waals surface area contributed by atoms with Gasteiger partial charge in [-0.15, -0.1) is 11.7 Å². The predicted octanol–water partition coefficient (Wildman–Crippen LogP) is 6.67. The van der Waals surface area contributed by atoms with E-state index in [1.165, 1.54) is 23.6 Å². The van der Waals surface area contributed by atoms with Gasteiger partial charge >= 0.3 is 0 Å². The average molecular weight is 779 g/mol. The number of carbonyl (C=O) groups excluding carboxylic acids is 2. The topological polar surface area (TPSA) is 134 Å². The largest absolute Gasteiger partial charge is 0.491 e. The number of amides is 2. The second kappa shape index (κ2) is 18.0. The lowest BCUT2D eigenvalue weighted by Crippen LogP contribution is -2.45. The van der Waals surface area contributed by atoms with Crippen LogP contribution in [0.1, 0.15) is 64.4 Å². The standard InChI is InChI=1S/C40H49ClN5O7S/c1-6-18-52-34-16-17-35(50-4)31-14-11-29(31)23-46-22-28-10-13-30(41)20-26(28)9-7-8-19-53-36-15-12-27(21-33(36)46)37(47)44-54(49)40(25(34)2)42-38(48)32-24-45(3)43-39(32)51-5/h6,10,12-13,15-17,20-21,24-25,29,31,34-35,40H,1,7-9,11,14,18-19,22-23H2,2-5H3,(H,42,48)/q-1/b17-16+/t25-,29-,31+,34-,35-,40?/m0/s1. The summed E-state index contributed by atoms with van der Waals surface area (Å²) in [5.41, 5.74) is 3.50. The van der Waals surface area contributed by atoms with Crippen molar-refractivity contribution >= 4 is 39.7 Å². The van der Waals surface area contributed by atoms with Crippen molar-refractivity contribution in [3.05, 3.63) is 94.7 Å².